The Labute approximate surface area is 125 Å². The normalized spacial score (nSPS) is 28.6. The summed E-state index contributed by atoms with van der Waals surface area (Å²) in [4.78, 5) is 2.39. The number of aliphatic hydroxyl groups is 1. The maximum absolute atomic E-state index is 9.73. The minimum absolute atomic E-state index is 0.0665. The van der Waals surface area contributed by atoms with Crippen LogP contribution in [0.15, 0.2) is 18.2 Å². The van der Waals surface area contributed by atoms with E-state index in [1.807, 2.05) is 18.2 Å². The van der Waals surface area contributed by atoms with E-state index in [1.54, 1.807) is 14.2 Å². The summed E-state index contributed by atoms with van der Waals surface area (Å²) in [5.41, 5.74) is 1.10. The summed E-state index contributed by atoms with van der Waals surface area (Å²) < 4.78 is 16.2. The van der Waals surface area contributed by atoms with Gasteiger partial charge in [-0.15, -0.1) is 0 Å². The van der Waals surface area contributed by atoms with Gasteiger partial charge in [-0.3, -0.25) is 4.90 Å². The van der Waals surface area contributed by atoms with Crippen molar-refractivity contribution < 1.29 is 19.3 Å². The van der Waals surface area contributed by atoms with Gasteiger partial charge in [-0.25, -0.2) is 0 Å². The number of rotatable bonds is 5. The van der Waals surface area contributed by atoms with Crippen LogP contribution in [0.2, 0.25) is 0 Å². The van der Waals surface area contributed by atoms with Crippen molar-refractivity contribution >= 4 is 0 Å². The Morgan fingerprint density at radius 1 is 1.29 bits per heavy atom. The van der Waals surface area contributed by atoms with Gasteiger partial charge < -0.3 is 19.3 Å². The molecular weight excluding hydrogens is 270 g/mol. The summed E-state index contributed by atoms with van der Waals surface area (Å²) in [6, 6.07) is 5.96. The molecule has 5 nitrogen and oxygen atoms in total. The molecule has 5 heteroatoms. The number of methoxy groups -OCH3 is 2. The highest BCUT2D eigenvalue weighted by Crippen LogP contribution is 2.41. The number of aliphatic hydroxyl groups excluding tert-OH is 1. The molecule has 0 aromatic heterocycles. The van der Waals surface area contributed by atoms with Gasteiger partial charge in [0.05, 0.1) is 34.0 Å². The standard InChI is InChI=1S/C16H23NO4/c1-19-14-3-12(4-15(5-14)20-2)6-17-7-13-8-21-11-16(13,9-17)10-18/h3-5,13,18H,6-11H2,1-2H3/t13-,16-/m0/s1. The van der Waals surface area contributed by atoms with Crippen LogP contribution in [0.1, 0.15) is 5.56 Å². The molecule has 0 radical (unpaired) electrons. The maximum atomic E-state index is 9.73. The van der Waals surface area contributed by atoms with Crippen LogP contribution >= 0.6 is 0 Å². The van der Waals surface area contributed by atoms with Crippen LogP contribution in [0.5, 0.6) is 11.5 Å². The second-order valence-corrected chi connectivity index (χ2v) is 6.12. The third-order valence-corrected chi connectivity index (χ3v) is 4.72. The molecule has 1 aromatic carbocycles. The van der Waals surface area contributed by atoms with Crippen LogP contribution in [0.3, 0.4) is 0 Å². The summed E-state index contributed by atoms with van der Waals surface area (Å²) >= 11 is 0. The molecule has 0 unspecified atom stereocenters. The van der Waals surface area contributed by atoms with Gasteiger partial charge in [0.2, 0.25) is 0 Å². The van der Waals surface area contributed by atoms with Crippen molar-refractivity contribution in [3.05, 3.63) is 23.8 Å². The van der Waals surface area contributed by atoms with Crippen molar-refractivity contribution in [3.63, 3.8) is 0 Å². The SMILES string of the molecule is COc1cc(CN2C[C@H]3COC[C@@]3(CO)C2)cc(OC)c1. The topological polar surface area (TPSA) is 51.2 Å². The first-order valence-corrected chi connectivity index (χ1v) is 7.32. The van der Waals surface area contributed by atoms with Gasteiger partial charge in [-0.2, -0.15) is 0 Å². The number of ether oxygens (including phenoxy) is 3. The van der Waals surface area contributed by atoms with Gasteiger partial charge in [0.1, 0.15) is 11.5 Å². The average molecular weight is 293 g/mol. The van der Waals surface area contributed by atoms with E-state index in [0.717, 1.165) is 37.7 Å². The lowest BCUT2D eigenvalue weighted by Gasteiger charge is -2.24. The molecular formula is C16H23NO4. The van der Waals surface area contributed by atoms with Crippen LogP contribution in [-0.2, 0) is 11.3 Å². The van der Waals surface area contributed by atoms with E-state index in [1.165, 1.54) is 5.56 Å². The molecule has 2 saturated heterocycles. The Bertz CT molecular complexity index is 485. The Kier molecular flexibility index (Phi) is 4.06. The monoisotopic (exact) mass is 293 g/mol. The lowest BCUT2D eigenvalue weighted by atomic mass is 9.82. The van der Waals surface area contributed by atoms with Crippen molar-refractivity contribution in [2.24, 2.45) is 11.3 Å². The number of benzene rings is 1. The van der Waals surface area contributed by atoms with E-state index in [0.29, 0.717) is 12.5 Å². The zero-order valence-electron chi connectivity index (χ0n) is 12.7. The predicted molar refractivity (Wildman–Crippen MR) is 78.7 cm³/mol. The quantitative estimate of drug-likeness (QED) is 0.882. The minimum atomic E-state index is -0.0665. The molecule has 0 saturated carbocycles. The summed E-state index contributed by atoms with van der Waals surface area (Å²) in [5, 5.41) is 9.73. The summed E-state index contributed by atoms with van der Waals surface area (Å²) in [6.45, 7) is 4.33. The summed E-state index contributed by atoms with van der Waals surface area (Å²) in [6.07, 6.45) is 0. The molecule has 0 amide bonds. The van der Waals surface area contributed by atoms with Crippen LogP contribution in [-0.4, -0.2) is 57.1 Å². The molecule has 2 atom stereocenters. The van der Waals surface area contributed by atoms with E-state index in [9.17, 15) is 5.11 Å². The molecule has 116 valence electrons. The van der Waals surface area contributed by atoms with E-state index >= 15 is 0 Å². The average Bonchev–Trinajstić information content (AvgIpc) is 3.03. The second-order valence-electron chi connectivity index (χ2n) is 6.12. The molecule has 21 heavy (non-hydrogen) atoms. The van der Waals surface area contributed by atoms with Gasteiger partial charge in [-0.1, -0.05) is 0 Å². The fourth-order valence-electron chi connectivity index (χ4n) is 3.50. The number of likely N-dealkylation sites (tertiary alicyclic amines) is 1. The fourth-order valence-corrected chi connectivity index (χ4v) is 3.50. The molecule has 1 aromatic rings. The number of nitrogens with zero attached hydrogens (tertiary/aromatic N) is 1. The first kappa shape index (κ1) is 14.6. The van der Waals surface area contributed by atoms with Gasteiger partial charge in [0.15, 0.2) is 0 Å². The lowest BCUT2D eigenvalue weighted by Crippen LogP contribution is -2.34. The van der Waals surface area contributed by atoms with E-state index < -0.39 is 0 Å². The highest BCUT2D eigenvalue weighted by molar-refractivity contribution is 5.38. The largest absolute Gasteiger partial charge is 0.497 e. The molecule has 0 spiro atoms. The Morgan fingerprint density at radius 3 is 2.57 bits per heavy atom. The molecule has 2 aliphatic rings. The Hall–Kier alpha value is -1.30. The first-order chi connectivity index (χ1) is 10.2. The van der Waals surface area contributed by atoms with Crippen LogP contribution in [0.25, 0.3) is 0 Å². The van der Waals surface area contributed by atoms with E-state index in [4.69, 9.17) is 14.2 Å². The Morgan fingerprint density at radius 2 is 2.00 bits per heavy atom. The smallest absolute Gasteiger partial charge is 0.122 e. The lowest BCUT2D eigenvalue weighted by molar-refractivity contribution is 0.0802. The molecule has 2 heterocycles. The van der Waals surface area contributed by atoms with Crippen molar-refractivity contribution in [1.29, 1.82) is 0 Å². The van der Waals surface area contributed by atoms with Gasteiger partial charge in [0, 0.05) is 37.0 Å². The zero-order valence-corrected chi connectivity index (χ0v) is 12.7. The number of hydrogen-bond acceptors (Lipinski definition) is 5. The molecule has 1 N–H and O–H groups in total. The maximum Gasteiger partial charge on any atom is 0.122 e. The van der Waals surface area contributed by atoms with Crippen molar-refractivity contribution in [2.45, 2.75) is 6.54 Å². The number of fused-ring (bicyclic) bond motifs is 1. The highest BCUT2D eigenvalue weighted by Gasteiger charge is 2.50. The zero-order chi connectivity index (χ0) is 14.9. The van der Waals surface area contributed by atoms with Crippen molar-refractivity contribution in [1.82, 2.24) is 4.90 Å². The summed E-state index contributed by atoms with van der Waals surface area (Å²) in [7, 11) is 3.33. The minimum Gasteiger partial charge on any atom is -0.497 e. The predicted octanol–water partition coefficient (Wildman–Crippen LogP) is 1.14. The van der Waals surface area contributed by atoms with Crippen LogP contribution < -0.4 is 9.47 Å². The number of hydrogen-bond donors (Lipinski definition) is 1. The van der Waals surface area contributed by atoms with Gasteiger partial charge >= 0.3 is 0 Å². The fraction of sp³-hybridized carbons (Fsp3) is 0.625. The molecule has 0 aliphatic carbocycles. The van der Waals surface area contributed by atoms with Crippen molar-refractivity contribution in [2.75, 3.05) is 47.1 Å². The van der Waals surface area contributed by atoms with E-state index in [2.05, 4.69) is 4.90 Å². The van der Waals surface area contributed by atoms with Crippen LogP contribution in [0, 0.1) is 11.3 Å². The molecule has 2 fully saturated rings. The second kappa shape index (κ2) is 5.83. The van der Waals surface area contributed by atoms with E-state index in [-0.39, 0.29) is 12.0 Å². The van der Waals surface area contributed by atoms with Crippen LogP contribution in [0.4, 0.5) is 0 Å². The molecule has 2 aliphatic heterocycles. The van der Waals surface area contributed by atoms with Crippen molar-refractivity contribution in [3.8, 4) is 11.5 Å². The third-order valence-electron chi connectivity index (χ3n) is 4.72. The Balaban J connectivity index is 1.73. The third kappa shape index (κ3) is 2.73. The summed E-state index contributed by atoms with van der Waals surface area (Å²) in [5.74, 6) is 2.06. The van der Waals surface area contributed by atoms with Gasteiger partial charge in [0.25, 0.3) is 0 Å². The highest BCUT2D eigenvalue weighted by atomic mass is 16.5. The first-order valence-electron chi connectivity index (χ1n) is 7.32. The van der Waals surface area contributed by atoms with Gasteiger partial charge in [-0.05, 0) is 17.7 Å². The molecule has 3 rings (SSSR count). The molecule has 0 bridgehead atoms.